The lowest BCUT2D eigenvalue weighted by Crippen LogP contribution is -2.44. The first kappa shape index (κ1) is 39.6. The first-order valence-electron chi connectivity index (χ1n) is 18.0. The number of hydrogen-bond donors (Lipinski definition) is 3. The van der Waals surface area contributed by atoms with Crippen LogP contribution in [0.4, 0.5) is 4.39 Å². The normalized spacial score (nSPS) is 25.6. The van der Waals surface area contributed by atoms with E-state index in [1.165, 1.54) is 17.1 Å². The van der Waals surface area contributed by atoms with Gasteiger partial charge < -0.3 is 29.8 Å². The number of carbonyl (C=O) groups is 4. The molecule has 288 valence electrons. The smallest absolute Gasteiger partial charge is 0.329 e. The first-order chi connectivity index (χ1) is 26.0. The number of cyclic esters (lactones) is 1. The average molecular weight is 748 g/mol. The van der Waals surface area contributed by atoms with Gasteiger partial charge in [-0.3, -0.25) is 19.1 Å². The summed E-state index contributed by atoms with van der Waals surface area (Å²) in [7, 11) is 0. The van der Waals surface area contributed by atoms with Gasteiger partial charge >= 0.3 is 5.97 Å². The summed E-state index contributed by atoms with van der Waals surface area (Å²) in [5.74, 6) is -3.00. The maximum Gasteiger partial charge on any atom is 0.329 e. The molecule has 0 aromatic carbocycles. The lowest BCUT2D eigenvalue weighted by Gasteiger charge is -2.30. The molecular weight excluding hydrogens is 701 g/mol. The summed E-state index contributed by atoms with van der Waals surface area (Å²) in [6.45, 7) is 6.38. The van der Waals surface area contributed by atoms with Crippen molar-refractivity contribution in [2.45, 2.75) is 83.8 Å². The predicted molar refractivity (Wildman–Crippen MR) is 192 cm³/mol. The molecule has 5 atom stereocenters. The van der Waals surface area contributed by atoms with Gasteiger partial charge in [0.05, 0.1) is 25.3 Å². The van der Waals surface area contributed by atoms with Gasteiger partial charge in [-0.1, -0.05) is 48.9 Å². The minimum absolute atomic E-state index is 0.00745. The highest BCUT2D eigenvalue weighted by Crippen LogP contribution is 2.27. The van der Waals surface area contributed by atoms with E-state index < -0.39 is 48.1 Å². The van der Waals surface area contributed by atoms with Gasteiger partial charge in [0.25, 0.3) is 5.91 Å². The van der Waals surface area contributed by atoms with Crippen molar-refractivity contribution < 1.29 is 37.8 Å². The molecule has 0 aliphatic carbocycles. The Balaban J connectivity index is 1.32. The second-order valence-electron chi connectivity index (χ2n) is 13.6. The molecule has 3 aromatic heterocycles. The van der Waals surface area contributed by atoms with Crippen LogP contribution in [-0.2, 0) is 32.1 Å². The van der Waals surface area contributed by atoms with Gasteiger partial charge in [-0.05, 0) is 43.9 Å². The highest BCUT2D eigenvalue weighted by Gasteiger charge is 2.39. The molecular formula is C37H46FN9O7. The summed E-state index contributed by atoms with van der Waals surface area (Å²) in [5.41, 5.74) is 1.68. The molecule has 0 unspecified atom stereocenters. The molecule has 54 heavy (non-hydrogen) atoms. The van der Waals surface area contributed by atoms with Gasteiger partial charge in [-0.25, -0.2) is 14.2 Å². The van der Waals surface area contributed by atoms with Crippen LogP contribution in [0, 0.1) is 11.8 Å². The van der Waals surface area contributed by atoms with Crippen LogP contribution in [0.5, 0.6) is 0 Å². The molecule has 0 radical (unpaired) electrons. The van der Waals surface area contributed by atoms with E-state index >= 15 is 0 Å². The molecule has 17 heteroatoms. The fourth-order valence-electron chi connectivity index (χ4n) is 6.32. The van der Waals surface area contributed by atoms with Gasteiger partial charge in [0.15, 0.2) is 11.6 Å². The zero-order valence-corrected chi connectivity index (χ0v) is 30.5. The van der Waals surface area contributed by atoms with Crippen molar-refractivity contribution in [2.75, 3.05) is 19.6 Å². The monoisotopic (exact) mass is 747 g/mol. The summed E-state index contributed by atoms with van der Waals surface area (Å²) < 4.78 is 27.9. The fraction of sp³-hybridized carbons (Fsp3) is 0.486. The quantitative estimate of drug-likeness (QED) is 0.298. The van der Waals surface area contributed by atoms with Crippen molar-refractivity contribution in [2.24, 2.45) is 11.8 Å². The topological polar surface area (TPSA) is 208 Å². The maximum absolute atomic E-state index is 14.8. The van der Waals surface area contributed by atoms with E-state index in [1.807, 2.05) is 13.8 Å². The zero-order valence-electron chi connectivity index (χ0n) is 30.5. The average Bonchev–Trinajstić information content (AvgIpc) is 3.92. The Kier molecular flexibility index (Phi) is 13.9. The third-order valence-electron chi connectivity index (χ3n) is 8.96. The van der Waals surface area contributed by atoms with E-state index in [1.54, 1.807) is 54.4 Å². The van der Waals surface area contributed by atoms with Gasteiger partial charge in [0.2, 0.25) is 11.8 Å². The molecule has 1 fully saturated rings. The Morgan fingerprint density at radius 1 is 1.17 bits per heavy atom. The van der Waals surface area contributed by atoms with E-state index in [0.29, 0.717) is 36.3 Å². The van der Waals surface area contributed by atoms with Crippen molar-refractivity contribution >= 4 is 23.7 Å². The van der Waals surface area contributed by atoms with Crippen LogP contribution >= 0.6 is 0 Å². The van der Waals surface area contributed by atoms with Gasteiger partial charge in [-0.15, -0.1) is 10.2 Å². The number of hydrogen-bond acceptors (Lipinski definition) is 12. The molecule has 2 aliphatic heterocycles. The Hall–Kier alpha value is -5.58. The van der Waals surface area contributed by atoms with Crippen LogP contribution in [-0.4, -0.2) is 108 Å². The molecule has 16 nitrogen and oxygen atoms in total. The van der Waals surface area contributed by atoms with Crippen LogP contribution in [0.2, 0.25) is 0 Å². The van der Waals surface area contributed by atoms with E-state index in [0.717, 1.165) is 6.26 Å². The Morgan fingerprint density at radius 3 is 2.78 bits per heavy atom. The third-order valence-corrected chi connectivity index (χ3v) is 8.96. The number of amides is 3. The van der Waals surface area contributed by atoms with E-state index in [9.17, 15) is 28.7 Å². The second kappa shape index (κ2) is 19.0. The van der Waals surface area contributed by atoms with Crippen LogP contribution < -0.4 is 10.6 Å². The number of ether oxygens (including phenoxy) is 1. The van der Waals surface area contributed by atoms with Crippen molar-refractivity contribution in [1.82, 2.24) is 45.7 Å². The molecule has 3 amide bonds. The largest absolute Gasteiger partial charge is 0.460 e. The van der Waals surface area contributed by atoms with E-state index in [-0.39, 0.29) is 62.3 Å². The Morgan fingerprint density at radius 2 is 2.00 bits per heavy atom. The minimum Gasteiger partial charge on any atom is -0.460 e. The third kappa shape index (κ3) is 11.2. The van der Waals surface area contributed by atoms with Crippen LogP contribution in [0.1, 0.15) is 62.8 Å². The number of allylic oxidation sites excluding steroid dienone is 2. The van der Waals surface area contributed by atoms with Crippen molar-refractivity contribution in [3.8, 4) is 11.4 Å². The number of fused-ring (bicyclic) bond motifs is 3. The summed E-state index contributed by atoms with van der Waals surface area (Å²) in [6, 6.07) is 2.57. The number of alkyl halides is 1. The molecule has 3 aromatic rings. The number of oxazole rings is 1. The Bertz CT molecular complexity index is 1840. The zero-order chi connectivity index (χ0) is 38.6. The molecule has 5 rings (SSSR count). The molecule has 2 aliphatic rings. The number of aromatic nitrogens is 6. The molecule has 2 bridgehead atoms. The summed E-state index contributed by atoms with van der Waals surface area (Å²) in [4.78, 5) is 59.0. The van der Waals surface area contributed by atoms with Gasteiger partial charge in [-0.2, -0.15) is 5.10 Å². The number of nitrogens with one attached hydrogen (secondary N) is 2. The molecule has 5 heterocycles. The van der Waals surface area contributed by atoms with Crippen molar-refractivity contribution in [3.63, 3.8) is 0 Å². The highest BCUT2D eigenvalue weighted by atomic mass is 19.1. The predicted octanol–water partition coefficient (Wildman–Crippen LogP) is 2.54. The number of esters is 1. The van der Waals surface area contributed by atoms with E-state index in [4.69, 9.17) is 9.15 Å². The summed E-state index contributed by atoms with van der Waals surface area (Å²) in [6.07, 6.45) is 8.96. The molecule has 1 saturated heterocycles. The van der Waals surface area contributed by atoms with Crippen LogP contribution in [0.25, 0.3) is 11.4 Å². The van der Waals surface area contributed by atoms with Crippen molar-refractivity contribution in [1.29, 1.82) is 0 Å². The molecule has 0 spiro atoms. The maximum atomic E-state index is 14.8. The SMILES string of the molecule is CC1=C\[C@@H](O)C[C@@H](F)Cc2nc(co2)C(=O)N2CCC[C@@H]2C(=O)O[C@H](C(C)C)[C@H](CC(=O)NCCn2cc(-c3cccnn3)nn2)/C=C/C(=O)NC\C=C\1. The number of aliphatic hydroxyl groups excluding tert-OH is 1. The Labute approximate surface area is 311 Å². The number of rotatable bonds is 7. The first-order valence-corrected chi connectivity index (χ1v) is 18.0. The number of carbonyl (C=O) groups excluding carboxylic acids is 4. The van der Waals surface area contributed by atoms with Gasteiger partial charge in [0.1, 0.15) is 36.0 Å². The number of nitrogens with zero attached hydrogens (tertiary/aromatic N) is 7. The standard InChI is InChI=1S/C37H46FN9O7/c1-23(2)35-25(18-33(50)40-14-16-46-21-29(44-45-46)28-8-5-13-41-43-28)10-11-32(49)39-12-4-7-24(3)17-27(48)19-26(38)20-34-42-30(22-53-34)36(51)47-15-6-9-31(47)37(52)54-35/h4-5,7-8,10-11,13,17,21-23,25-27,31,35,48H,6,9,12,14-16,18-20H2,1-3H3,(H,39,49)(H,40,50)/b7-4+,11-10+,24-17+/t25-,26+,27+,31+,35+/m0/s1. The van der Waals surface area contributed by atoms with Crippen LogP contribution in [0.3, 0.4) is 0 Å². The number of aliphatic hydroxyl groups is 1. The molecule has 3 N–H and O–H groups in total. The van der Waals surface area contributed by atoms with Crippen LogP contribution in [0.15, 0.2) is 71.2 Å². The van der Waals surface area contributed by atoms with Crippen molar-refractivity contribution in [3.05, 3.63) is 78.3 Å². The highest BCUT2D eigenvalue weighted by molar-refractivity contribution is 5.95. The lowest BCUT2D eigenvalue weighted by molar-refractivity contribution is -0.159. The van der Waals surface area contributed by atoms with Gasteiger partial charge in [0, 0.05) is 44.6 Å². The molecule has 0 saturated carbocycles. The summed E-state index contributed by atoms with van der Waals surface area (Å²) >= 11 is 0. The van der Waals surface area contributed by atoms with E-state index in [2.05, 4.69) is 36.1 Å². The number of halogens is 1. The fourth-order valence-corrected chi connectivity index (χ4v) is 6.32. The summed E-state index contributed by atoms with van der Waals surface area (Å²) in [5, 5.41) is 32.1. The second-order valence-corrected chi connectivity index (χ2v) is 13.6. The lowest BCUT2D eigenvalue weighted by atomic mass is 9.89. The minimum atomic E-state index is -1.50.